The quantitative estimate of drug-likeness (QED) is 0.0464. The number of methoxy groups -OCH3 is 3. The van der Waals surface area contributed by atoms with Gasteiger partial charge in [0.05, 0.1) is 26.4 Å². The van der Waals surface area contributed by atoms with Crippen molar-refractivity contribution in [2.24, 2.45) is 0 Å². The van der Waals surface area contributed by atoms with Crippen LogP contribution < -0.4 is 16.7 Å². The molecule has 6 rings (SSSR count). The number of benzene rings is 4. The molecule has 1 saturated heterocycles. The van der Waals surface area contributed by atoms with E-state index in [1.165, 1.54) is 45.7 Å². The van der Waals surface area contributed by atoms with E-state index in [2.05, 4.69) is 10.3 Å². The minimum absolute atomic E-state index is 0.0222. The molecule has 0 unspecified atom stereocenters. The summed E-state index contributed by atoms with van der Waals surface area (Å²) in [5.41, 5.74) is -0.0735. The van der Waals surface area contributed by atoms with Crippen LogP contribution in [-0.4, -0.2) is 103 Å². The molecular formula is C43H46N4O11. The van der Waals surface area contributed by atoms with E-state index in [4.69, 9.17) is 34.2 Å². The van der Waals surface area contributed by atoms with Crippen LogP contribution in [0.2, 0.25) is 0 Å². The lowest BCUT2D eigenvalue weighted by molar-refractivity contribution is -0.397. The van der Waals surface area contributed by atoms with E-state index in [9.17, 15) is 24.6 Å². The van der Waals surface area contributed by atoms with Gasteiger partial charge >= 0.3 is 11.7 Å². The molecule has 0 radical (unpaired) electrons. The summed E-state index contributed by atoms with van der Waals surface area (Å²) >= 11 is 0. The summed E-state index contributed by atoms with van der Waals surface area (Å²) in [4.78, 5) is 45.4. The number of aliphatic hydroxyl groups excluding tert-OH is 1. The fraction of sp³-hybridized carbons (Fsp3) is 0.302. The molecule has 15 nitrogen and oxygen atoms in total. The largest absolute Gasteiger partial charge is 0.393 e. The second-order valence-electron chi connectivity index (χ2n) is 13.5. The molecule has 0 bridgehead atoms. The van der Waals surface area contributed by atoms with Crippen LogP contribution in [0.25, 0.3) is 0 Å². The van der Waals surface area contributed by atoms with E-state index in [1.54, 1.807) is 18.2 Å². The fourth-order valence-electron chi connectivity index (χ4n) is 7.60. The SMILES string of the molecule is COCCO[C@H]1[C@H](n2ccc(N)nc2=O)O[C@](CO)(COC(OC)(OC)C(c2ccccc2)(c2ccccc2)c2ccccc2)[C@]1(O)C(=O)NC(=O)c1ccccc1. The topological polar surface area (TPSA) is 203 Å². The predicted molar refractivity (Wildman–Crippen MR) is 210 cm³/mol. The van der Waals surface area contributed by atoms with Gasteiger partial charge in [0.1, 0.15) is 17.3 Å². The summed E-state index contributed by atoms with van der Waals surface area (Å²) in [6, 6.07) is 37.0. The second kappa shape index (κ2) is 17.9. The molecule has 304 valence electrons. The molecule has 1 fully saturated rings. The van der Waals surface area contributed by atoms with Crippen molar-refractivity contribution in [3.8, 4) is 0 Å². The van der Waals surface area contributed by atoms with Crippen LogP contribution in [0.1, 0.15) is 33.3 Å². The van der Waals surface area contributed by atoms with Gasteiger partial charge < -0.3 is 44.4 Å². The molecule has 2 amide bonds. The summed E-state index contributed by atoms with van der Waals surface area (Å²) in [6.45, 7) is -2.26. The van der Waals surface area contributed by atoms with Crippen LogP contribution in [0.4, 0.5) is 5.82 Å². The van der Waals surface area contributed by atoms with Crippen molar-refractivity contribution in [2.45, 2.75) is 34.9 Å². The van der Waals surface area contributed by atoms with Gasteiger partial charge in [-0.3, -0.25) is 19.5 Å². The van der Waals surface area contributed by atoms with Crippen LogP contribution in [0.15, 0.2) is 138 Å². The number of hydrogen-bond acceptors (Lipinski definition) is 13. The number of rotatable bonds is 17. The van der Waals surface area contributed by atoms with Gasteiger partial charge in [-0.15, -0.1) is 0 Å². The first-order valence-electron chi connectivity index (χ1n) is 18.4. The zero-order chi connectivity index (χ0) is 41.4. The maximum Gasteiger partial charge on any atom is 0.351 e. The van der Waals surface area contributed by atoms with Crippen molar-refractivity contribution >= 4 is 17.6 Å². The van der Waals surface area contributed by atoms with Crippen molar-refractivity contribution in [1.82, 2.24) is 14.9 Å². The van der Waals surface area contributed by atoms with Crippen molar-refractivity contribution < 1.29 is 48.2 Å². The number of carbonyl (C=O) groups excluding carboxylic acids is 2. The number of amides is 2. The summed E-state index contributed by atoms with van der Waals surface area (Å²) < 4.78 is 38.2. The van der Waals surface area contributed by atoms with Gasteiger partial charge in [-0.1, -0.05) is 109 Å². The van der Waals surface area contributed by atoms with Crippen molar-refractivity contribution in [1.29, 1.82) is 0 Å². The zero-order valence-electron chi connectivity index (χ0n) is 32.2. The van der Waals surface area contributed by atoms with Crippen LogP contribution >= 0.6 is 0 Å². The van der Waals surface area contributed by atoms with Gasteiger partial charge in [0.2, 0.25) is 5.60 Å². The van der Waals surface area contributed by atoms with E-state index in [0.29, 0.717) is 16.7 Å². The van der Waals surface area contributed by atoms with Gasteiger partial charge in [0.25, 0.3) is 11.8 Å². The molecule has 4 atom stereocenters. The molecule has 0 saturated carbocycles. The number of anilines is 1. The van der Waals surface area contributed by atoms with Crippen LogP contribution in [-0.2, 0) is 38.6 Å². The average molecular weight is 795 g/mol. The van der Waals surface area contributed by atoms with Crippen LogP contribution in [0.3, 0.4) is 0 Å². The molecule has 5 N–H and O–H groups in total. The molecule has 4 aromatic carbocycles. The van der Waals surface area contributed by atoms with Gasteiger partial charge in [-0.2, -0.15) is 4.98 Å². The number of ether oxygens (including phenoxy) is 6. The van der Waals surface area contributed by atoms with Gasteiger partial charge in [0.15, 0.2) is 11.8 Å². The first kappa shape index (κ1) is 42.0. The maximum absolute atomic E-state index is 14.7. The highest BCUT2D eigenvalue weighted by atomic mass is 16.9. The Morgan fingerprint density at radius 1 is 0.828 bits per heavy atom. The summed E-state index contributed by atoms with van der Waals surface area (Å²) in [7, 11) is 4.15. The number of nitrogen functional groups attached to an aromatic ring is 1. The van der Waals surface area contributed by atoms with Crippen molar-refractivity contribution in [3.05, 3.63) is 166 Å². The lowest BCUT2D eigenvalue weighted by Gasteiger charge is -2.50. The van der Waals surface area contributed by atoms with Crippen LogP contribution in [0.5, 0.6) is 0 Å². The predicted octanol–water partition coefficient (Wildman–Crippen LogP) is 2.80. The minimum atomic E-state index is -3.01. The fourth-order valence-corrected chi connectivity index (χ4v) is 7.60. The lowest BCUT2D eigenvalue weighted by atomic mass is 9.67. The smallest absolute Gasteiger partial charge is 0.351 e. The summed E-state index contributed by atoms with van der Waals surface area (Å²) in [5, 5.41) is 26.8. The highest BCUT2D eigenvalue weighted by molar-refractivity contribution is 6.07. The molecule has 1 aliphatic rings. The van der Waals surface area contributed by atoms with Gasteiger partial charge in [0, 0.05) is 33.1 Å². The lowest BCUT2D eigenvalue weighted by Crippen LogP contribution is -2.70. The first-order valence-corrected chi connectivity index (χ1v) is 18.4. The maximum atomic E-state index is 14.7. The number of nitrogens with zero attached hydrogens (tertiary/aromatic N) is 2. The standard InChI is InChI=1S/C43H46N4O11/c1-53-26-27-56-35-37(47-25-24-34(44)45-39(47)51)58-40(28-48,42(35,52)38(50)46-36(49)30-16-8-4-9-17-30)29-57-43(54-2,55-3)41(31-18-10-5-11-19-31,32-20-12-6-13-21-32)33-22-14-7-15-23-33/h4-25,35,37,48,52H,26-29H2,1-3H3,(H2,44,45,51)(H,46,49,50)/t35-,37+,40+,42+/m0/s1. The number of carbonyl (C=O) groups is 2. The highest BCUT2D eigenvalue weighted by Gasteiger charge is 2.72. The molecule has 2 heterocycles. The second-order valence-corrected chi connectivity index (χ2v) is 13.5. The normalized spacial score (nSPS) is 20.8. The van der Waals surface area contributed by atoms with E-state index < -0.39 is 65.6 Å². The van der Waals surface area contributed by atoms with E-state index >= 15 is 0 Å². The van der Waals surface area contributed by atoms with E-state index in [-0.39, 0.29) is 24.6 Å². The van der Waals surface area contributed by atoms with Crippen LogP contribution in [0, 0.1) is 0 Å². The number of aliphatic hydroxyl groups is 2. The van der Waals surface area contributed by atoms with E-state index in [1.807, 2.05) is 91.0 Å². The number of imide groups is 1. The Hall–Kier alpha value is -5.62. The number of nitrogens with one attached hydrogen (secondary N) is 1. The average Bonchev–Trinajstić information content (AvgIpc) is 3.51. The highest BCUT2D eigenvalue weighted by Crippen LogP contribution is 2.52. The number of nitrogens with two attached hydrogens (primary N) is 1. The number of aromatic nitrogens is 2. The van der Waals surface area contributed by atoms with Gasteiger partial charge in [-0.05, 0) is 34.9 Å². The van der Waals surface area contributed by atoms with E-state index in [0.717, 1.165) is 4.57 Å². The number of hydrogen-bond donors (Lipinski definition) is 4. The third-order valence-corrected chi connectivity index (χ3v) is 10.4. The summed E-state index contributed by atoms with van der Waals surface area (Å²) in [5.74, 6) is -4.50. The third kappa shape index (κ3) is 7.34. The van der Waals surface area contributed by atoms with Gasteiger partial charge in [-0.25, -0.2) is 4.79 Å². The molecule has 5 aromatic rings. The monoisotopic (exact) mass is 794 g/mol. The third-order valence-electron chi connectivity index (χ3n) is 10.4. The molecule has 1 aliphatic heterocycles. The minimum Gasteiger partial charge on any atom is -0.393 e. The Morgan fingerprint density at radius 2 is 1.34 bits per heavy atom. The molecule has 58 heavy (non-hydrogen) atoms. The molecule has 1 aromatic heterocycles. The molecule has 0 aliphatic carbocycles. The Labute approximate surface area is 334 Å². The molecule has 0 spiro atoms. The Bertz CT molecular complexity index is 2090. The Kier molecular flexibility index (Phi) is 13.0. The van der Waals surface area contributed by atoms with Crippen molar-refractivity contribution in [2.75, 3.05) is 53.5 Å². The molecule has 15 heteroatoms. The zero-order valence-corrected chi connectivity index (χ0v) is 32.2. The first-order chi connectivity index (χ1) is 28.1. The summed E-state index contributed by atoms with van der Waals surface area (Å²) in [6.07, 6.45) is -2.24. The van der Waals surface area contributed by atoms with Crippen molar-refractivity contribution in [3.63, 3.8) is 0 Å². The Balaban J connectivity index is 1.56. The Morgan fingerprint density at radius 3 is 1.81 bits per heavy atom. The molecular weight excluding hydrogens is 748 g/mol.